The van der Waals surface area contributed by atoms with Crippen molar-refractivity contribution in [2.24, 2.45) is 0 Å². The molecule has 1 atom stereocenters. The van der Waals surface area contributed by atoms with Crippen LogP contribution in [0.25, 0.3) is 0 Å². The van der Waals surface area contributed by atoms with Gasteiger partial charge in [0, 0.05) is 24.4 Å². The first-order chi connectivity index (χ1) is 8.78. The highest BCUT2D eigenvalue weighted by molar-refractivity contribution is 7.90. The fourth-order valence-electron chi connectivity index (χ4n) is 1.85. The third-order valence-corrected chi connectivity index (χ3v) is 3.74. The van der Waals surface area contributed by atoms with Gasteiger partial charge in [-0.1, -0.05) is 18.2 Å². The van der Waals surface area contributed by atoms with Crippen LogP contribution in [0.4, 0.5) is 5.69 Å². The molecule has 5 nitrogen and oxygen atoms in total. The van der Waals surface area contributed by atoms with Crippen molar-refractivity contribution in [3.63, 3.8) is 0 Å². The van der Waals surface area contributed by atoms with Crippen molar-refractivity contribution in [2.45, 2.75) is 25.8 Å². The lowest BCUT2D eigenvalue weighted by molar-refractivity contribution is -0.121. The maximum Gasteiger partial charge on any atom is 0.220 e. The smallest absolute Gasteiger partial charge is 0.220 e. The number of carbonyl (C=O) groups is 1. The molecule has 1 amide bonds. The van der Waals surface area contributed by atoms with Crippen LogP contribution in [0, 0.1) is 0 Å². The number of benzene rings is 1. The first-order valence-corrected chi connectivity index (χ1v) is 8.14. The van der Waals surface area contributed by atoms with Crippen molar-refractivity contribution in [1.29, 1.82) is 0 Å². The molecule has 1 unspecified atom stereocenters. The number of anilines is 1. The summed E-state index contributed by atoms with van der Waals surface area (Å²) >= 11 is 0. The number of amides is 1. The van der Waals surface area contributed by atoms with E-state index in [-0.39, 0.29) is 17.7 Å². The summed E-state index contributed by atoms with van der Waals surface area (Å²) in [4.78, 5) is 11.7. The second kappa shape index (κ2) is 6.56. The number of nitrogen functional groups attached to an aromatic ring is 1. The molecular weight excluding hydrogens is 264 g/mol. The molecule has 0 heterocycles. The van der Waals surface area contributed by atoms with E-state index in [0.717, 1.165) is 11.8 Å². The van der Waals surface area contributed by atoms with E-state index in [9.17, 15) is 13.2 Å². The van der Waals surface area contributed by atoms with E-state index in [1.807, 2.05) is 18.2 Å². The molecule has 0 saturated carbocycles. The van der Waals surface area contributed by atoms with E-state index in [2.05, 4.69) is 5.32 Å². The highest BCUT2D eigenvalue weighted by Gasteiger charge is 2.13. The first kappa shape index (κ1) is 15.5. The van der Waals surface area contributed by atoms with Gasteiger partial charge in [0.2, 0.25) is 5.91 Å². The number of nitrogens with one attached hydrogen (secondary N) is 1. The van der Waals surface area contributed by atoms with E-state index in [0.29, 0.717) is 18.5 Å². The number of hydrogen-bond acceptors (Lipinski definition) is 4. The van der Waals surface area contributed by atoms with Crippen molar-refractivity contribution in [1.82, 2.24) is 5.32 Å². The van der Waals surface area contributed by atoms with Gasteiger partial charge in [-0.15, -0.1) is 0 Å². The van der Waals surface area contributed by atoms with Crippen LogP contribution in [0.1, 0.15) is 18.9 Å². The van der Waals surface area contributed by atoms with Crippen LogP contribution in [0.3, 0.4) is 0 Å². The molecular formula is C13H20N2O3S. The Bertz CT molecular complexity index is 541. The number of rotatable bonds is 6. The molecule has 106 valence electrons. The maximum absolute atomic E-state index is 11.7. The first-order valence-electron chi connectivity index (χ1n) is 6.08. The van der Waals surface area contributed by atoms with Gasteiger partial charge in [0.25, 0.3) is 0 Å². The lowest BCUT2D eigenvalue weighted by Gasteiger charge is -2.13. The Kier molecular flexibility index (Phi) is 5.35. The summed E-state index contributed by atoms with van der Waals surface area (Å²) in [6.07, 6.45) is 1.99. The van der Waals surface area contributed by atoms with Crippen LogP contribution >= 0.6 is 0 Å². The van der Waals surface area contributed by atoms with Crippen molar-refractivity contribution < 1.29 is 13.2 Å². The molecule has 0 aliphatic rings. The van der Waals surface area contributed by atoms with Crippen LogP contribution in [-0.4, -0.2) is 32.4 Å². The van der Waals surface area contributed by atoms with Gasteiger partial charge in [0.15, 0.2) is 0 Å². The molecule has 0 fully saturated rings. The minimum atomic E-state index is -3.08. The van der Waals surface area contributed by atoms with Gasteiger partial charge in [-0.2, -0.15) is 0 Å². The Labute approximate surface area is 114 Å². The molecule has 0 saturated heterocycles. The van der Waals surface area contributed by atoms with Gasteiger partial charge in [-0.05, 0) is 25.0 Å². The Morgan fingerprint density at radius 3 is 2.58 bits per heavy atom. The van der Waals surface area contributed by atoms with Gasteiger partial charge >= 0.3 is 0 Å². The lowest BCUT2D eigenvalue weighted by Crippen LogP contribution is -2.37. The number of carbonyl (C=O) groups excluding carboxylic acids is 1. The van der Waals surface area contributed by atoms with Crippen molar-refractivity contribution >= 4 is 21.4 Å². The summed E-state index contributed by atoms with van der Waals surface area (Å²) in [5.41, 5.74) is 7.37. The SMILES string of the molecule is CC(CS(C)(=O)=O)NC(=O)CCc1ccccc1N. The van der Waals surface area contributed by atoms with Crippen LogP contribution in [0.5, 0.6) is 0 Å². The molecule has 3 N–H and O–H groups in total. The Morgan fingerprint density at radius 2 is 2.00 bits per heavy atom. The van der Waals surface area contributed by atoms with Crippen LogP contribution < -0.4 is 11.1 Å². The summed E-state index contributed by atoms with van der Waals surface area (Å²) in [6, 6.07) is 7.00. The van der Waals surface area contributed by atoms with Crippen LogP contribution in [0.15, 0.2) is 24.3 Å². The molecule has 6 heteroatoms. The minimum absolute atomic E-state index is 0.0494. The molecule has 0 spiro atoms. The van der Waals surface area contributed by atoms with Gasteiger partial charge in [0.1, 0.15) is 9.84 Å². The summed E-state index contributed by atoms with van der Waals surface area (Å²) in [5.74, 6) is -0.217. The highest BCUT2D eigenvalue weighted by atomic mass is 32.2. The Hall–Kier alpha value is -1.56. The maximum atomic E-state index is 11.7. The lowest BCUT2D eigenvalue weighted by atomic mass is 10.1. The van der Waals surface area contributed by atoms with Crippen molar-refractivity contribution in [2.75, 3.05) is 17.7 Å². The quantitative estimate of drug-likeness (QED) is 0.754. The second-order valence-electron chi connectivity index (χ2n) is 4.76. The Morgan fingerprint density at radius 1 is 1.37 bits per heavy atom. The average molecular weight is 284 g/mol. The zero-order valence-corrected chi connectivity index (χ0v) is 12.0. The van der Waals surface area contributed by atoms with Crippen molar-refractivity contribution in [3.05, 3.63) is 29.8 Å². The third-order valence-electron chi connectivity index (χ3n) is 2.64. The molecule has 0 radical (unpaired) electrons. The second-order valence-corrected chi connectivity index (χ2v) is 6.94. The predicted octanol–water partition coefficient (Wildman–Crippen LogP) is 0.751. The molecule has 1 rings (SSSR count). The number of hydrogen-bond donors (Lipinski definition) is 2. The fourth-order valence-corrected chi connectivity index (χ4v) is 2.84. The van der Waals surface area contributed by atoms with E-state index in [1.54, 1.807) is 13.0 Å². The van der Waals surface area contributed by atoms with Crippen LogP contribution in [-0.2, 0) is 21.1 Å². The third kappa shape index (κ3) is 6.24. The van der Waals surface area contributed by atoms with E-state index in [4.69, 9.17) is 5.73 Å². The van der Waals surface area contributed by atoms with Gasteiger partial charge < -0.3 is 11.1 Å². The zero-order valence-electron chi connectivity index (χ0n) is 11.2. The highest BCUT2D eigenvalue weighted by Crippen LogP contribution is 2.12. The Balaban J connectivity index is 2.42. The standard InChI is InChI=1S/C13H20N2O3S/c1-10(9-19(2,17)18)15-13(16)8-7-11-5-3-4-6-12(11)14/h3-6,10H,7-9,14H2,1-2H3,(H,15,16). The molecule has 0 aliphatic heterocycles. The largest absolute Gasteiger partial charge is 0.399 e. The van der Waals surface area contributed by atoms with Crippen LogP contribution in [0.2, 0.25) is 0 Å². The van der Waals surface area contributed by atoms with E-state index >= 15 is 0 Å². The molecule has 19 heavy (non-hydrogen) atoms. The molecule has 0 aromatic heterocycles. The summed E-state index contributed by atoms with van der Waals surface area (Å²) in [6.45, 7) is 1.68. The van der Waals surface area contributed by atoms with Gasteiger partial charge in [-0.3, -0.25) is 4.79 Å². The normalized spacial score (nSPS) is 12.9. The summed E-state index contributed by atoms with van der Waals surface area (Å²) < 4.78 is 22.2. The minimum Gasteiger partial charge on any atom is -0.399 e. The topological polar surface area (TPSA) is 89.3 Å². The van der Waals surface area contributed by atoms with Crippen molar-refractivity contribution in [3.8, 4) is 0 Å². The monoisotopic (exact) mass is 284 g/mol. The fraction of sp³-hybridized carbons (Fsp3) is 0.462. The van der Waals surface area contributed by atoms with E-state index < -0.39 is 9.84 Å². The number of aryl methyl sites for hydroxylation is 1. The summed E-state index contributed by atoms with van der Waals surface area (Å²) in [5, 5.41) is 2.67. The average Bonchev–Trinajstić information content (AvgIpc) is 2.25. The van der Waals surface area contributed by atoms with Gasteiger partial charge in [-0.25, -0.2) is 8.42 Å². The van der Waals surface area contributed by atoms with E-state index in [1.165, 1.54) is 0 Å². The molecule has 1 aromatic rings. The zero-order chi connectivity index (χ0) is 14.5. The van der Waals surface area contributed by atoms with Gasteiger partial charge in [0.05, 0.1) is 5.75 Å². The predicted molar refractivity (Wildman–Crippen MR) is 76.5 cm³/mol. The molecule has 0 aliphatic carbocycles. The number of para-hydroxylation sites is 1. The molecule has 0 bridgehead atoms. The molecule has 1 aromatic carbocycles. The number of sulfone groups is 1. The number of nitrogens with two attached hydrogens (primary N) is 1. The summed E-state index contributed by atoms with van der Waals surface area (Å²) in [7, 11) is -3.08.